The van der Waals surface area contributed by atoms with Gasteiger partial charge in [0.25, 0.3) is 0 Å². The minimum absolute atomic E-state index is 0.684. The summed E-state index contributed by atoms with van der Waals surface area (Å²) >= 11 is 0. The zero-order chi connectivity index (χ0) is 10.1. The lowest BCUT2D eigenvalue weighted by atomic mass is 10.1. The van der Waals surface area contributed by atoms with Gasteiger partial charge in [0.1, 0.15) is 0 Å². The van der Waals surface area contributed by atoms with E-state index < -0.39 is 0 Å². The van der Waals surface area contributed by atoms with Crippen molar-refractivity contribution >= 4 is 12.1 Å². The first-order chi connectivity index (χ1) is 6.24. The third-order valence-electron chi connectivity index (χ3n) is 1.71. The van der Waals surface area contributed by atoms with Gasteiger partial charge in [-0.2, -0.15) is 5.10 Å². The van der Waals surface area contributed by atoms with Gasteiger partial charge in [0.05, 0.1) is 5.71 Å². The van der Waals surface area contributed by atoms with E-state index in [2.05, 4.69) is 18.6 Å². The molecule has 0 aromatic rings. The molecule has 3 heteroatoms. The number of unbranched alkanes of at least 4 members (excludes halogenated alkanes) is 2. The van der Waals surface area contributed by atoms with Crippen molar-refractivity contribution in [1.29, 1.82) is 0 Å². The third kappa shape index (κ3) is 6.08. The van der Waals surface area contributed by atoms with E-state index in [1.807, 2.05) is 0 Å². The molecule has 0 fully saturated rings. The summed E-state index contributed by atoms with van der Waals surface area (Å²) in [6.45, 7) is 5.81. The van der Waals surface area contributed by atoms with Crippen molar-refractivity contribution in [3.05, 3.63) is 12.7 Å². The Hall–Kier alpha value is -1.12. The Kier molecular flexibility index (Phi) is 6.88. The Morgan fingerprint density at radius 3 is 2.69 bits per heavy atom. The van der Waals surface area contributed by atoms with Gasteiger partial charge in [-0.25, -0.2) is 5.01 Å². The summed E-state index contributed by atoms with van der Waals surface area (Å²) in [6.07, 6.45) is 6.77. The van der Waals surface area contributed by atoms with E-state index in [0.29, 0.717) is 6.41 Å². The minimum atomic E-state index is 0.684. The SMILES string of the molecule is C=CC(CCCCC)=NN(C)C=O. The molecule has 0 spiro atoms. The summed E-state index contributed by atoms with van der Waals surface area (Å²) in [5.41, 5.74) is 0.878. The van der Waals surface area contributed by atoms with Crippen LogP contribution in [0.25, 0.3) is 0 Å². The van der Waals surface area contributed by atoms with Gasteiger partial charge in [-0.3, -0.25) is 4.79 Å². The van der Waals surface area contributed by atoms with Crippen LogP contribution in [0.4, 0.5) is 0 Å². The van der Waals surface area contributed by atoms with Crippen molar-refractivity contribution in [3.8, 4) is 0 Å². The smallest absolute Gasteiger partial charge is 0.229 e. The fourth-order valence-corrected chi connectivity index (χ4v) is 0.975. The highest BCUT2D eigenvalue weighted by molar-refractivity contribution is 5.94. The van der Waals surface area contributed by atoms with Crippen LogP contribution < -0.4 is 0 Å². The van der Waals surface area contributed by atoms with Gasteiger partial charge in [-0.05, 0) is 18.9 Å². The molecule has 74 valence electrons. The van der Waals surface area contributed by atoms with Crippen LogP contribution in [-0.4, -0.2) is 24.2 Å². The number of nitrogens with zero attached hydrogens (tertiary/aromatic N) is 2. The molecule has 0 rings (SSSR count). The summed E-state index contributed by atoms with van der Waals surface area (Å²) in [7, 11) is 1.62. The number of hydrogen-bond donors (Lipinski definition) is 0. The number of amides is 1. The molecule has 0 saturated heterocycles. The molecule has 0 heterocycles. The number of hydrogen-bond acceptors (Lipinski definition) is 2. The molecule has 0 aromatic carbocycles. The van der Waals surface area contributed by atoms with Crippen LogP contribution in [0.1, 0.15) is 32.6 Å². The number of rotatable bonds is 7. The predicted molar refractivity (Wildman–Crippen MR) is 55.6 cm³/mol. The van der Waals surface area contributed by atoms with Gasteiger partial charge in [-0.1, -0.05) is 26.3 Å². The Morgan fingerprint density at radius 2 is 2.23 bits per heavy atom. The molecular weight excluding hydrogens is 164 g/mol. The summed E-state index contributed by atoms with van der Waals surface area (Å²) in [5.74, 6) is 0. The summed E-state index contributed by atoms with van der Waals surface area (Å²) < 4.78 is 0. The predicted octanol–water partition coefficient (Wildman–Crippen LogP) is 2.20. The van der Waals surface area contributed by atoms with Crippen LogP contribution in [0.3, 0.4) is 0 Å². The van der Waals surface area contributed by atoms with Gasteiger partial charge < -0.3 is 0 Å². The van der Waals surface area contributed by atoms with E-state index in [-0.39, 0.29) is 0 Å². The monoisotopic (exact) mass is 182 g/mol. The Morgan fingerprint density at radius 1 is 1.54 bits per heavy atom. The van der Waals surface area contributed by atoms with Gasteiger partial charge in [-0.15, -0.1) is 0 Å². The molecule has 0 radical (unpaired) electrons. The van der Waals surface area contributed by atoms with Crippen LogP contribution in [0.5, 0.6) is 0 Å². The molecule has 0 aliphatic carbocycles. The van der Waals surface area contributed by atoms with Gasteiger partial charge in [0, 0.05) is 7.05 Å². The van der Waals surface area contributed by atoms with Gasteiger partial charge >= 0.3 is 0 Å². The lowest BCUT2D eigenvalue weighted by Gasteiger charge is -2.05. The molecule has 0 bridgehead atoms. The number of carbonyl (C=O) groups is 1. The number of carbonyl (C=O) groups excluding carboxylic acids is 1. The van der Waals surface area contributed by atoms with Crippen LogP contribution in [0, 0.1) is 0 Å². The standard InChI is InChI=1S/C10H18N2O/c1-4-6-7-8-10(5-2)11-12(3)9-13/h5,9H,2,4,6-8H2,1,3H3. The summed E-state index contributed by atoms with van der Waals surface area (Å²) in [6, 6.07) is 0. The topological polar surface area (TPSA) is 32.7 Å². The van der Waals surface area contributed by atoms with Crippen LogP contribution in [-0.2, 0) is 4.79 Å². The van der Waals surface area contributed by atoms with Gasteiger partial charge in [0.2, 0.25) is 6.41 Å². The molecule has 0 aromatic heterocycles. The van der Waals surface area contributed by atoms with Crippen LogP contribution in [0.15, 0.2) is 17.8 Å². The molecule has 0 unspecified atom stereocenters. The van der Waals surface area contributed by atoms with E-state index in [1.54, 1.807) is 13.1 Å². The highest BCUT2D eigenvalue weighted by atomic mass is 16.1. The van der Waals surface area contributed by atoms with Crippen molar-refractivity contribution in [2.75, 3.05) is 7.05 Å². The minimum Gasteiger partial charge on any atom is -0.277 e. The lowest BCUT2D eigenvalue weighted by Crippen LogP contribution is -2.10. The highest BCUT2D eigenvalue weighted by Crippen LogP contribution is 2.02. The van der Waals surface area contributed by atoms with Crippen molar-refractivity contribution in [2.45, 2.75) is 32.6 Å². The Labute approximate surface area is 80.1 Å². The fraction of sp³-hybridized carbons (Fsp3) is 0.600. The van der Waals surface area contributed by atoms with E-state index >= 15 is 0 Å². The average Bonchev–Trinajstić information content (AvgIpc) is 2.16. The molecule has 0 aliphatic heterocycles. The van der Waals surface area contributed by atoms with Crippen molar-refractivity contribution < 1.29 is 4.79 Å². The maximum Gasteiger partial charge on any atom is 0.229 e. The third-order valence-corrected chi connectivity index (χ3v) is 1.71. The number of allylic oxidation sites excluding steroid dienone is 1. The van der Waals surface area contributed by atoms with Crippen molar-refractivity contribution in [3.63, 3.8) is 0 Å². The zero-order valence-electron chi connectivity index (χ0n) is 8.49. The average molecular weight is 182 g/mol. The Bertz CT molecular complexity index is 187. The molecule has 0 atom stereocenters. The van der Waals surface area contributed by atoms with Gasteiger partial charge in [0.15, 0.2) is 0 Å². The molecule has 13 heavy (non-hydrogen) atoms. The van der Waals surface area contributed by atoms with E-state index in [1.165, 1.54) is 17.9 Å². The fourth-order valence-electron chi connectivity index (χ4n) is 0.975. The number of hydrazone groups is 1. The first-order valence-corrected chi connectivity index (χ1v) is 4.62. The zero-order valence-corrected chi connectivity index (χ0v) is 8.49. The molecule has 1 amide bonds. The molecule has 0 saturated carbocycles. The molecule has 0 N–H and O–H groups in total. The van der Waals surface area contributed by atoms with E-state index in [0.717, 1.165) is 18.6 Å². The largest absolute Gasteiger partial charge is 0.277 e. The van der Waals surface area contributed by atoms with E-state index in [9.17, 15) is 4.79 Å². The first-order valence-electron chi connectivity index (χ1n) is 4.62. The summed E-state index contributed by atoms with van der Waals surface area (Å²) in [5, 5.41) is 5.32. The normalized spacial score (nSPS) is 11.1. The second-order valence-electron chi connectivity index (χ2n) is 2.93. The lowest BCUT2D eigenvalue weighted by molar-refractivity contribution is -0.117. The van der Waals surface area contributed by atoms with Crippen LogP contribution >= 0.6 is 0 Å². The molecular formula is C10H18N2O. The van der Waals surface area contributed by atoms with E-state index in [4.69, 9.17) is 0 Å². The highest BCUT2D eigenvalue weighted by Gasteiger charge is 1.95. The maximum absolute atomic E-state index is 10.3. The second-order valence-corrected chi connectivity index (χ2v) is 2.93. The second kappa shape index (κ2) is 7.53. The Balaban J connectivity index is 3.93. The summed E-state index contributed by atoms with van der Waals surface area (Å²) in [4.78, 5) is 10.3. The maximum atomic E-state index is 10.3. The van der Waals surface area contributed by atoms with Crippen molar-refractivity contribution in [1.82, 2.24) is 5.01 Å². The van der Waals surface area contributed by atoms with Crippen molar-refractivity contribution in [2.24, 2.45) is 5.10 Å². The van der Waals surface area contributed by atoms with Crippen LogP contribution in [0.2, 0.25) is 0 Å². The molecule has 3 nitrogen and oxygen atoms in total. The molecule has 0 aliphatic rings. The quantitative estimate of drug-likeness (QED) is 0.257. The first kappa shape index (κ1) is 11.9.